The van der Waals surface area contributed by atoms with Gasteiger partial charge in [-0.05, 0) is 37.8 Å². The zero-order valence-corrected chi connectivity index (χ0v) is 16.8. The fourth-order valence-corrected chi connectivity index (χ4v) is 4.54. The highest BCUT2D eigenvalue weighted by Gasteiger charge is 2.33. The molecule has 7 nitrogen and oxygen atoms in total. The zero-order valence-electron chi connectivity index (χ0n) is 16.8. The lowest BCUT2D eigenvalue weighted by Gasteiger charge is -2.38. The van der Waals surface area contributed by atoms with Gasteiger partial charge in [0, 0.05) is 19.1 Å². The van der Waals surface area contributed by atoms with Crippen LogP contribution in [0.3, 0.4) is 0 Å². The molecule has 2 fully saturated rings. The first-order valence-corrected chi connectivity index (χ1v) is 10.7. The van der Waals surface area contributed by atoms with Gasteiger partial charge in [-0.25, -0.2) is 4.98 Å². The van der Waals surface area contributed by atoms with Crippen LogP contribution in [0, 0.1) is 0 Å². The summed E-state index contributed by atoms with van der Waals surface area (Å²) in [5, 5.41) is 14.7. The number of nitrogens with zero attached hydrogens (tertiary/aromatic N) is 3. The van der Waals surface area contributed by atoms with Crippen molar-refractivity contribution in [3.05, 3.63) is 40.9 Å². The molecule has 2 heterocycles. The number of piperidine rings is 1. The topological polar surface area (TPSA) is 87.5 Å². The maximum Gasteiger partial charge on any atom is 0.261 e. The van der Waals surface area contributed by atoms with Crippen molar-refractivity contribution in [2.75, 3.05) is 19.6 Å². The molecule has 1 aromatic heterocycles. The summed E-state index contributed by atoms with van der Waals surface area (Å²) in [5.74, 6) is 0.0808. The van der Waals surface area contributed by atoms with Crippen molar-refractivity contribution in [2.45, 2.75) is 63.1 Å². The largest absolute Gasteiger partial charge is 0.388 e. The molecule has 0 radical (unpaired) electrons. The number of benzene rings is 1. The Balaban J connectivity index is 1.32. The van der Waals surface area contributed by atoms with Crippen molar-refractivity contribution >= 4 is 16.8 Å². The van der Waals surface area contributed by atoms with Crippen molar-refractivity contribution in [3.8, 4) is 0 Å². The van der Waals surface area contributed by atoms with Crippen LogP contribution in [0.5, 0.6) is 0 Å². The molecular formula is C22H30N4O3. The van der Waals surface area contributed by atoms with Crippen LogP contribution in [0.1, 0.15) is 44.9 Å². The number of likely N-dealkylation sites (tertiary alicyclic amines) is 1. The Morgan fingerprint density at radius 1 is 1.17 bits per heavy atom. The lowest BCUT2D eigenvalue weighted by atomic mass is 9.91. The molecule has 2 aliphatic rings. The van der Waals surface area contributed by atoms with E-state index >= 15 is 0 Å². The monoisotopic (exact) mass is 398 g/mol. The number of carbonyl (C=O) groups excluding carboxylic acids is 1. The van der Waals surface area contributed by atoms with Crippen molar-refractivity contribution in [1.29, 1.82) is 0 Å². The van der Waals surface area contributed by atoms with E-state index in [0.717, 1.165) is 12.8 Å². The lowest BCUT2D eigenvalue weighted by molar-refractivity contribution is -0.124. The van der Waals surface area contributed by atoms with Crippen LogP contribution in [0.2, 0.25) is 0 Å². The summed E-state index contributed by atoms with van der Waals surface area (Å²) in [6.45, 7) is 1.89. The van der Waals surface area contributed by atoms with E-state index in [1.165, 1.54) is 30.2 Å². The van der Waals surface area contributed by atoms with Crippen LogP contribution in [0.4, 0.5) is 0 Å². The molecule has 29 heavy (non-hydrogen) atoms. The second-order valence-electron chi connectivity index (χ2n) is 8.60. The standard InChI is InChI=1S/C22H30N4O3/c27-20(24-17-6-2-1-3-7-17)14-25-12-10-22(29,11-13-25)15-26-16-23-19-9-5-4-8-18(19)21(26)28/h4-5,8-9,16-17,29H,1-3,6-7,10-15H2,(H,24,27). The van der Waals surface area contributed by atoms with Gasteiger partial charge in [0.1, 0.15) is 0 Å². The summed E-state index contributed by atoms with van der Waals surface area (Å²) in [6.07, 6.45) is 8.42. The Hall–Kier alpha value is -2.25. The summed E-state index contributed by atoms with van der Waals surface area (Å²) in [7, 11) is 0. The van der Waals surface area contributed by atoms with Gasteiger partial charge < -0.3 is 10.4 Å². The molecule has 0 spiro atoms. The molecule has 2 N–H and O–H groups in total. The number of para-hydroxylation sites is 1. The Labute approximate surface area is 170 Å². The van der Waals surface area contributed by atoms with E-state index in [-0.39, 0.29) is 18.0 Å². The average Bonchev–Trinajstić information content (AvgIpc) is 2.73. The maximum absolute atomic E-state index is 12.7. The Morgan fingerprint density at radius 3 is 2.66 bits per heavy atom. The van der Waals surface area contributed by atoms with Crippen molar-refractivity contribution in [3.63, 3.8) is 0 Å². The van der Waals surface area contributed by atoms with Gasteiger partial charge >= 0.3 is 0 Å². The number of carbonyl (C=O) groups is 1. The van der Waals surface area contributed by atoms with Gasteiger partial charge in [0.2, 0.25) is 5.91 Å². The highest BCUT2D eigenvalue weighted by Crippen LogP contribution is 2.24. The molecule has 4 rings (SSSR count). The number of hydrogen-bond donors (Lipinski definition) is 2. The molecule has 1 aliphatic heterocycles. The van der Waals surface area contributed by atoms with Gasteiger partial charge in [-0.15, -0.1) is 0 Å². The molecule has 1 saturated heterocycles. The molecule has 2 aromatic rings. The summed E-state index contributed by atoms with van der Waals surface area (Å²) in [5.41, 5.74) is -0.414. The van der Waals surface area contributed by atoms with E-state index in [1.807, 2.05) is 18.2 Å². The molecule has 156 valence electrons. The highest BCUT2D eigenvalue weighted by molar-refractivity contribution is 5.78. The number of hydrogen-bond acceptors (Lipinski definition) is 5. The molecule has 0 bridgehead atoms. The minimum atomic E-state index is -0.954. The molecule has 1 aliphatic carbocycles. The van der Waals surface area contributed by atoms with E-state index in [4.69, 9.17) is 0 Å². The summed E-state index contributed by atoms with van der Waals surface area (Å²) in [4.78, 5) is 31.5. The molecule has 1 amide bonds. The molecule has 1 saturated carbocycles. The quantitative estimate of drug-likeness (QED) is 0.800. The molecule has 1 aromatic carbocycles. The van der Waals surface area contributed by atoms with Gasteiger partial charge in [0.15, 0.2) is 0 Å². The van der Waals surface area contributed by atoms with Gasteiger partial charge in [0.25, 0.3) is 5.56 Å². The first-order valence-electron chi connectivity index (χ1n) is 10.7. The smallest absolute Gasteiger partial charge is 0.261 e. The normalized spacial score (nSPS) is 20.6. The number of fused-ring (bicyclic) bond motifs is 1. The second kappa shape index (κ2) is 8.63. The minimum Gasteiger partial charge on any atom is -0.388 e. The third-order valence-electron chi connectivity index (χ3n) is 6.32. The number of amides is 1. The Bertz CT molecular complexity index is 912. The van der Waals surface area contributed by atoms with Crippen molar-refractivity contribution < 1.29 is 9.90 Å². The van der Waals surface area contributed by atoms with Crippen LogP contribution in [-0.4, -0.2) is 56.7 Å². The predicted molar refractivity (Wildman–Crippen MR) is 112 cm³/mol. The predicted octanol–water partition coefficient (Wildman–Crippen LogP) is 1.67. The fourth-order valence-electron chi connectivity index (χ4n) is 4.54. The van der Waals surface area contributed by atoms with Crippen LogP contribution in [-0.2, 0) is 11.3 Å². The highest BCUT2D eigenvalue weighted by atomic mass is 16.3. The number of rotatable bonds is 5. The van der Waals surface area contributed by atoms with Gasteiger partial charge in [0.05, 0.1) is 35.9 Å². The van der Waals surface area contributed by atoms with Crippen molar-refractivity contribution in [1.82, 2.24) is 19.8 Å². The third-order valence-corrected chi connectivity index (χ3v) is 6.32. The number of nitrogens with one attached hydrogen (secondary N) is 1. The maximum atomic E-state index is 12.7. The first-order chi connectivity index (χ1) is 14.0. The van der Waals surface area contributed by atoms with E-state index < -0.39 is 5.60 Å². The van der Waals surface area contributed by atoms with Crippen LogP contribution < -0.4 is 10.9 Å². The van der Waals surface area contributed by atoms with E-state index in [9.17, 15) is 14.7 Å². The number of aromatic nitrogens is 2. The SMILES string of the molecule is O=C(CN1CCC(O)(Cn2cnc3ccccc3c2=O)CC1)NC1CCCCC1. The van der Waals surface area contributed by atoms with E-state index in [0.29, 0.717) is 49.4 Å². The molecular weight excluding hydrogens is 368 g/mol. The van der Waals surface area contributed by atoms with E-state index in [1.54, 1.807) is 6.07 Å². The van der Waals surface area contributed by atoms with Crippen molar-refractivity contribution in [2.24, 2.45) is 0 Å². The minimum absolute atomic E-state index is 0.0808. The summed E-state index contributed by atoms with van der Waals surface area (Å²) >= 11 is 0. The summed E-state index contributed by atoms with van der Waals surface area (Å²) in [6, 6.07) is 7.57. The Kier molecular flexibility index (Phi) is 5.96. The van der Waals surface area contributed by atoms with Gasteiger partial charge in [-0.1, -0.05) is 31.4 Å². The van der Waals surface area contributed by atoms with Crippen LogP contribution >= 0.6 is 0 Å². The molecule has 0 atom stereocenters. The van der Waals surface area contributed by atoms with Gasteiger partial charge in [-0.3, -0.25) is 19.1 Å². The first kappa shape index (κ1) is 20.0. The second-order valence-corrected chi connectivity index (χ2v) is 8.60. The van der Waals surface area contributed by atoms with Gasteiger partial charge in [-0.2, -0.15) is 0 Å². The number of aliphatic hydroxyl groups is 1. The lowest BCUT2D eigenvalue weighted by Crippen LogP contribution is -2.51. The molecule has 7 heteroatoms. The third kappa shape index (κ3) is 4.85. The van der Waals surface area contributed by atoms with Crippen LogP contribution in [0.25, 0.3) is 10.9 Å². The fraction of sp³-hybridized carbons (Fsp3) is 0.591. The molecule has 0 unspecified atom stereocenters. The Morgan fingerprint density at radius 2 is 1.90 bits per heavy atom. The van der Waals surface area contributed by atoms with E-state index in [2.05, 4.69) is 15.2 Å². The zero-order chi connectivity index (χ0) is 20.3. The van der Waals surface area contributed by atoms with Crippen LogP contribution in [0.15, 0.2) is 35.4 Å². The summed E-state index contributed by atoms with van der Waals surface area (Å²) < 4.78 is 1.51. The average molecular weight is 399 g/mol.